The van der Waals surface area contributed by atoms with Gasteiger partial charge in [-0.2, -0.15) is 0 Å². The first-order chi connectivity index (χ1) is 0. The molecule has 0 saturated carbocycles. The largest absolute Gasteiger partial charge is 4.00 e. The van der Waals surface area contributed by atoms with Gasteiger partial charge in [0.15, 0.2) is 0 Å². The van der Waals surface area contributed by atoms with Gasteiger partial charge in [0.25, 0.3) is 0 Å². The van der Waals surface area contributed by atoms with E-state index in [9.17, 15) is 0 Å². The van der Waals surface area contributed by atoms with Gasteiger partial charge in [0.2, 0.25) is 0 Å². The van der Waals surface area contributed by atoms with Crippen LogP contribution < -0.4 is 49.6 Å². The van der Waals surface area contributed by atoms with Gasteiger partial charge >= 0.3 is 21.7 Å². The fourth-order valence-electron chi connectivity index (χ4n) is 0. The molecule has 0 heterocycles. The first kappa shape index (κ1) is 93.0. The fourth-order valence-corrected chi connectivity index (χ4v) is 0. The average molecular weight is 222 g/mol. The predicted molar refractivity (Wildman–Crippen MR) is 11.3 cm³/mol. The van der Waals surface area contributed by atoms with Crippen LogP contribution in [0.2, 0.25) is 0 Å². The molecule has 0 atom stereocenters. The first-order valence-electron chi connectivity index (χ1n) is 0. The standard InChI is InChI=1S/4ClH.H4Si.Ti/h4*1H;1H4;/q;;;;;+4/p-4. The van der Waals surface area contributed by atoms with Crippen LogP contribution in [-0.4, -0.2) is 11.0 Å². The van der Waals surface area contributed by atoms with E-state index in [1.165, 1.54) is 0 Å². The normalized spacial score (nSPS) is 0. The summed E-state index contributed by atoms with van der Waals surface area (Å²) in [7, 11) is 0. The van der Waals surface area contributed by atoms with E-state index in [0.29, 0.717) is 0 Å². The summed E-state index contributed by atoms with van der Waals surface area (Å²) in [5.74, 6) is 0. The SMILES string of the molecule is [Cl-].[Cl-].[Cl-].[Cl-].[SiH4].[Ti+4]. The minimum Gasteiger partial charge on any atom is -1.00 e. The Labute approximate surface area is 81.8 Å². The molecule has 40 valence electrons. The molecule has 0 aliphatic carbocycles. The van der Waals surface area contributed by atoms with E-state index in [2.05, 4.69) is 0 Å². The van der Waals surface area contributed by atoms with E-state index in [-0.39, 0.29) is 82.3 Å². The fraction of sp³-hybridized carbons (Fsp3) is 0. The zero-order valence-corrected chi connectivity index (χ0v) is 6.60. The maximum Gasteiger partial charge on any atom is 4.00 e. The molecule has 0 aromatic carbocycles. The molecule has 0 unspecified atom stereocenters. The van der Waals surface area contributed by atoms with E-state index >= 15 is 0 Å². The number of halogens is 4. The summed E-state index contributed by atoms with van der Waals surface area (Å²) in [4.78, 5) is 0. The van der Waals surface area contributed by atoms with Crippen molar-refractivity contribution in [1.29, 1.82) is 0 Å². The maximum absolute atomic E-state index is 0. The van der Waals surface area contributed by atoms with Crippen LogP contribution in [0.1, 0.15) is 0 Å². The zero-order chi connectivity index (χ0) is 0. The molecule has 0 amide bonds. The summed E-state index contributed by atoms with van der Waals surface area (Å²) in [5, 5.41) is 0. The van der Waals surface area contributed by atoms with Crippen LogP contribution in [0, 0.1) is 0 Å². The van der Waals surface area contributed by atoms with Crippen molar-refractivity contribution in [3.05, 3.63) is 0 Å². The molecular formula is H4Cl4SiTi. The van der Waals surface area contributed by atoms with Crippen LogP contribution in [-0.2, 0) is 21.7 Å². The minimum absolute atomic E-state index is 0. The number of rotatable bonds is 0. The van der Waals surface area contributed by atoms with Gasteiger partial charge in [0, 0.05) is 0 Å². The molecule has 0 aliphatic heterocycles. The van der Waals surface area contributed by atoms with E-state index in [0.717, 1.165) is 0 Å². The van der Waals surface area contributed by atoms with Crippen LogP contribution in [0.15, 0.2) is 0 Å². The molecule has 0 rings (SSSR count). The molecule has 0 fully saturated rings. The predicted octanol–water partition coefficient (Wildman–Crippen LogP) is -13.4. The number of hydrogen-bond donors (Lipinski definition) is 0. The van der Waals surface area contributed by atoms with Gasteiger partial charge in [0.1, 0.15) is 0 Å². The van der Waals surface area contributed by atoms with Gasteiger partial charge < -0.3 is 49.6 Å². The summed E-state index contributed by atoms with van der Waals surface area (Å²) in [6.07, 6.45) is 0. The molecule has 0 aliphatic rings. The van der Waals surface area contributed by atoms with Crippen molar-refractivity contribution in [2.75, 3.05) is 0 Å². The van der Waals surface area contributed by atoms with Crippen LogP contribution in [0.25, 0.3) is 0 Å². The van der Waals surface area contributed by atoms with Crippen molar-refractivity contribution in [1.82, 2.24) is 0 Å². The number of hydrogen-bond acceptors (Lipinski definition) is 0. The molecule has 0 aromatic rings. The van der Waals surface area contributed by atoms with Crippen molar-refractivity contribution in [2.45, 2.75) is 0 Å². The molecule has 0 N–H and O–H groups in total. The Morgan fingerprint density at radius 1 is 0.500 bits per heavy atom. The minimum atomic E-state index is 0. The molecule has 0 radical (unpaired) electrons. The Morgan fingerprint density at radius 2 is 0.500 bits per heavy atom. The van der Waals surface area contributed by atoms with Crippen molar-refractivity contribution in [3.63, 3.8) is 0 Å². The van der Waals surface area contributed by atoms with Crippen molar-refractivity contribution in [2.24, 2.45) is 0 Å². The first-order valence-corrected chi connectivity index (χ1v) is 0. The third kappa shape index (κ3) is 36.1. The van der Waals surface area contributed by atoms with E-state index in [1.807, 2.05) is 0 Å². The van der Waals surface area contributed by atoms with Crippen LogP contribution >= 0.6 is 0 Å². The van der Waals surface area contributed by atoms with Gasteiger partial charge in [-0.3, -0.25) is 0 Å². The summed E-state index contributed by atoms with van der Waals surface area (Å²) in [6, 6.07) is 0. The van der Waals surface area contributed by atoms with Crippen molar-refractivity contribution in [3.8, 4) is 0 Å². The molecular weight excluding hydrogens is 218 g/mol. The molecule has 0 nitrogen and oxygen atoms in total. The Morgan fingerprint density at radius 3 is 0.500 bits per heavy atom. The summed E-state index contributed by atoms with van der Waals surface area (Å²) in [6.45, 7) is 0. The summed E-state index contributed by atoms with van der Waals surface area (Å²) in [5.41, 5.74) is 0. The summed E-state index contributed by atoms with van der Waals surface area (Å²) < 4.78 is 0. The van der Waals surface area contributed by atoms with Gasteiger partial charge in [-0.05, 0) is 11.0 Å². The van der Waals surface area contributed by atoms with Gasteiger partial charge in [-0.25, -0.2) is 0 Å². The maximum atomic E-state index is 0. The van der Waals surface area contributed by atoms with Crippen LogP contribution in [0.3, 0.4) is 0 Å². The van der Waals surface area contributed by atoms with E-state index in [1.54, 1.807) is 0 Å². The quantitative estimate of drug-likeness (QED) is 0.357. The second-order valence-electron chi connectivity index (χ2n) is 0. The van der Waals surface area contributed by atoms with Crippen LogP contribution in [0.5, 0.6) is 0 Å². The third-order valence-corrected chi connectivity index (χ3v) is 0. The van der Waals surface area contributed by atoms with E-state index in [4.69, 9.17) is 0 Å². The molecule has 0 spiro atoms. The molecule has 0 bridgehead atoms. The molecule has 0 aromatic heterocycles. The smallest absolute Gasteiger partial charge is 1.00 e. The monoisotopic (exact) mass is 220 g/mol. The van der Waals surface area contributed by atoms with Gasteiger partial charge in [-0.1, -0.05) is 0 Å². The molecule has 0 saturated heterocycles. The zero-order valence-electron chi connectivity index (χ0n) is 2.01. The van der Waals surface area contributed by atoms with Gasteiger partial charge in [-0.15, -0.1) is 0 Å². The molecule has 6 heteroatoms. The van der Waals surface area contributed by atoms with Crippen LogP contribution in [0.4, 0.5) is 0 Å². The van der Waals surface area contributed by atoms with Gasteiger partial charge in [0.05, 0.1) is 0 Å². The Balaban J connectivity index is 0. The third-order valence-electron chi connectivity index (χ3n) is 0. The average Bonchev–Trinajstić information content (AvgIpc) is 0. The Bertz CT molecular complexity index is 7.51. The Hall–Kier alpha value is 2.09. The van der Waals surface area contributed by atoms with Crippen molar-refractivity contribution >= 4 is 11.0 Å². The topological polar surface area (TPSA) is 0 Å². The second kappa shape index (κ2) is 60.2. The van der Waals surface area contributed by atoms with E-state index < -0.39 is 0 Å². The van der Waals surface area contributed by atoms with Crippen molar-refractivity contribution < 1.29 is 71.3 Å². The molecule has 6 heavy (non-hydrogen) atoms. The summed E-state index contributed by atoms with van der Waals surface area (Å²) >= 11 is 0. The Kier molecular flexibility index (Phi) is 933. The second-order valence-corrected chi connectivity index (χ2v) is 0.